The third-order valence-corrected chi connectivity index (χ3v) is 3.97. The van der Waals surface area contributed by atoms with Crippen LogP contribution in [0.2, 0.25) is 0 Å². The Morgan fingerprint density at radius 3 is 2.50 bits per heavy atom. The molecule has 1 aliphatic rings. The number of unbranched alkanes of at least 4 members (excludes halogenated alkanes) is 1. The van der Waals surface area contributed by atoms with Crippen molar-refractivity contribution >= 4 is 0 Å². The first kappa shape index (κ1) is 14.0. The number of rotatable bonds is 4. The number of nitrogens with two attached hydrogens (primary N) is 1. The number of hydrogen-bond acceptors (Lipinski definition) is 2. The fourth-order valence-electron chi connectivity index (χ4n) is 2.73. The normalized spacial score (nSPS) is 24.4. The summed E-state index contributed by atoms with van der Waals surface area (Å²) in [7, 11) is 0. The van der Waals surface area contributed by atoms with Crippen LogP contribution >= 0.6 is 0 Å². The summed E-state index contributed by atoms with van der Waals surface area (Å²) in [5.41, 5.74) is 6.03. The topological polar surface area (TPSA) is 29.3 Å². The van der Waals surface area contributed by atoms with Crippen LogP contribution in [-0.2, 0) is 0 Å². The second-order valence-electron chi connectivity index (χ2n) is 6.33. The second kappa shape index (κ2) is 6.61. The Kier molecular flexibility index (Phi) is 5.77. The van der Waals surface area contributed by atoms with E-state index in [-0.39, 0.29) is 0 Å². The van der Waals surface area contributed by atoms with Crippen molar-refractivity contribution < 1.29 is 0 Å². The molecule has 1 aliphatic heterocycles. The van der Waals surface area contributed by atoms with Crippen LogP contribution in [0.3, 0.4) is 0 Å². The monoisotopic (exact) mass is 226 g/mol. The summed E-state index contributed by atoms with van der Waals surface area (Å²) < 4.78 is 0. The van der Waals surface area contributed by atoms with Gasteiger partial charge in [0.05, 0.1) is 0 Å². The van der Waals surface area contributed by atoms with Crippen molar-refractivity contribution in [1.82, 2.24) is 4.90 Å². The lowest BCUT2D eigenvalue weighted by Gasteiger charge is -2.29. The zero-order chi connectivity index (χ0) is 12.0. The van der Waals surface area contributed by atoms with Gasteiger partial charge in [-0.15, -0.1) is 0 Å². The minimum Gasteiger partial charge on any atom is -0.330 e. The number of hydrogen-bond donors (Lipinski definition) is 1. The minimum atomic E-state index is 0.493. The Hall–Kier alpha value is -0.0800. The van der Waals surface area contributed by atoms with Crippen molar-refractivity contribution in [2.45, 2.75) is 52.9 Å². The molecule has 1 rings (SSSR count). The molecule has 1 saturated heterocycles. The summed E-state index contributed by atoms with van der Waals surface area (Å²) in [6.45, 7) is 11.9. The van der Waals surface area contributed by atoms with Crippen LogP contribution in [0.1, 0.15) is 52.9 Å². The lowest BCUT2D eigenvalue weighted by molar-refractivity contribution is 0.207. The molecule has 0 spiro atoms. The van der Waals surface area contributed by atoms with Gasteiger partial charge in [-0.1, -0.05) is 20.8 Å². The summed E-state index contributed by atoms with van der Waals surface area (Å²) in [5.74, 6) is 0.909. The van der Waals surface area contributed by atoms with Gasteiger partial charge in [0.1, 0.15) is 0 Å². The van der Waals surface area contributed by atoms with Crippen LogP contribution in [-0.4, -0.2) is 31.1 Å². The molecular weight excluding hydrogens is 196 g/mol. The fraction of sp³-hybridized carbons (Fsp3) is 1.00. The number of nitrogens with zero attached hydrogens (tertiary/aromatic N) is 1. The van der Waals surface area contributed by atoms with Gasteiger partial charge in [0.2, 0.25) is 0 Å². The Labute approximate surface area is 102 Å². The quantitative estimate of drug-likeness (QED) is 0.747. The fourth-order valence-corrected chi connectivity index (χ4v) is 2.73. The molecular formula is C14H30N2. The van der Waals surface area contributed by atoms with Crippen LogP contribution in [0.4, 0.5) is 0 Å². The van der Waals surface area contributed by atoms with Crippen molar-refractivity contribution in [2.75, 3.05) is 26.2 Å². The van der Waals surface area contributed by atoms with E-state index in [1.807, 2.05) is 0 Å². The van der Waals surface area contributed by atoms with Crippen molar-refractivity contribution in [2.24, 2.45) is 17.1 Å². The van der Waals surface area contributed by atoms with E-state index >= 15 is 0 Å². The maximum absolute atomic E-state index is 5.54. The van der Waals surface area contributed by atoms with E-state index in [9.17, 15) is 0 Å². The highest BCUT2D eigenvalue weighted by atomic mass is 15.1. The first-order valence-corrected chi connectivity index (χ1v) is 6.96. The molecule has 2 heteroatoms. The number of likely N-dealkylation sites (tertiary alicyclic amines) is 1. The molecule has 2 nitrogen and oxygen atoms in total. The Morgan fingerprint density at radius 2 is 1.88 bits per heavy atom. The molecule has 0 bridgehead atoms. The van der Waals surface area contributed by atoms with Gasteiger partial charge in [0.15, 0.2) is 0 Å². The average molecular weight is 226 g/mol. The van der Waals surface area contributed by atoms with Crippen LogP contribution < -0.4 is 5.73 Å². The molecule has 1 atom stereocenters. The molecule has 0 amide bonds. The third kappa shape index (κ3) is 4.84. The smallest absolute Gasteiger partial charge is 0.00159 e. The van der Waals surface area contributed by atoms with Crippen molar-refractivity contribution in [3.8, 4) is 0 Å². The zero-order valence-corrected chi connectivity index (χ0v) is 11.5. The summed E-state index contributed by atoms with van der Waals surface area (Å²) in [6, 6.07) is 0. The highest BCUT2D eigenvalue weighted by Crippen LogP contribution is 2.34. The molecule has 0 aromatic rings. The first-order valence-electron chi connectivity index (χ1n) is 6.96. The molecule has 1 heterocycles. The van der Waals surface area contributed by atoms with Gasteiger partial charge in [0.25, 0.3) is 0 Å². The summed E-state index contributed by atoms with van der Waals surface area (Å²) in [5, 5.41) is 0. The second-order valence-corrected chi connectivity index (χ2v) is 6.33. The molecule has 1 unspecified atom stereocenters. The molecule has 16 heavy (non-hydrogen) atoms. The summed E-state index contributed by atoms with van der Waals surface area (Å²) >= 11 is 0. The zero-order valence-electron chi connectivity index (χ0n) is 11.5. The SMILES string of the molecule is CC(C)(C)C1CCCN(CCCCN)CC1. The highest BCUT2D eigenvalue weighted by molar-refractivity contribution is 4.78. The van der Waals surface area contributed by atoms with E-state index in [2.05, 4.69) is 25.7 Å². The van der Waals surface area contributed by atoms with E-state index in [1.54, 1.807) is 0 Å². The van der Waals surface area contributed by atoms with Gasteiger partial charge in [0, 0.05) is 0 Å². The van der Waals surface area contributed by atoms with E-state index in [0.29, 0.717) is 5.41 Å². The minimum absolute atomic E-state index is 0.493. The lowest BCUT2D eigenvalue weighted by atomic mass is 9.77. The molecule has 1 fully saturated rings. The predicted molar refractivity (Wildman–Crippen MR) is 71.5 cm³/mol. The summed E-state index contributed by atoms with van der Waals surface area (Å²) in [6.07, 6.45) is 6.63. The van der Waals surface area contributed by atoms with Crippen LogP contribution in [0.15, 0.2) is 0 Å². The van der Waals surface area contributed by atoms with Gasteiger partial charge in [-0.25, -0.2) is 0 Å². The molecule has 2 N–H and O–H groups in total. The standard InChI is InChI=1S/C14H30N2/c1-14(2,3)13-7-6-11-16(12-8-13)10-5-4-9-15/h13H,4-12,15H2,1-3H3. The highest BCUT2D eigenvalue weighted by Gasteiger charge is 2.26. The lowest BCUT2D eigenvalue weighted by Crippen LogP contribution is -2.27. The Morgan fingerprint density at radius 1 is 1.12 bits per heavy atom. The van der Waals surface area contributed by atoms with Crippen LogP contribution in [0.5, 0.6) is 0 Å². The molecule has 0 aromatic heterocycles. The van der Waals surface area contributed by atoms with Gasteiger partial charge in [-0.2, -0.15) is 0 Å². The van der Waals surface area contributed by atoms with E-state index in [4.69, 9.17) is 5.73 Å². The van der Waals surface area contributed by atoms with Crippen molar-refractivity contribution in [3.63, 3.8) is 0 Å². The largest absolute Gasteiger partial charge is 0.330 e. The van der Waals surface area contributed by atoms with Crippen molar-refractivity contribution in [3.05, 3.63) is 0 Å². The van der Waals surface area contributed by atoms with Crippen LogP contribution in [0, 0.1) is 11.3 Å². The Bertz CT molecular complexity index is 184. The van der Waals surface area contributed by atoms with Crippen LogP contribution in [0.25, 0.3) is 0 Å². The van der Waals surface area contributed by atoms with E-state index < -0.39 is 0 Å². The van der Waals surface area contributed by atoms with E-state index in [0.717, 1.165) is 12.5 Å². The molecule has 0 aromatic carbocycles. The maximum Gasteiger partial charge on any atom is -0.00159 e. The molecule has 96 valence electrons. The summed E-state index contributed by atoms with van der Waals surface area (Å²) in [4.78, 5) is 2.64. The van der Waals surface area contributed by atoms with Gasteiger partial charge in [-0.05, 0) is 69.6 Å². The Balaban J connectivity index is 2.29. The third-order valence-electron chi connectivity index (χ3n) is 3.97. The first-order chi connectivity index (χ1) is 7.54. The van der Waals surface area contributed by atoms with Gasteiger partial charge >= 0.3 is 0 Å². The van der Waals surface area contributed by atoms with Crippen molar-refractivity contribution in [1.29, 1.82) is 0 Å². The average Bonchev–Trinajstić information content (AvgIpc) is 2.43. The molecule has 0 radical (unpaired) electrons. The molecule has 0 aliphatic carbocycles. The van der Waals surface area contributed by atoms with E-state index in [1.165, 1.54) is 51.7 Å². The predicted octanol–water partition coefficient (Wildman–Crippen LogP) is 2.87. The van der Waals surface area contributed by atoms with Gasteiger partial charge in [-0.3, -0.25) is 0 Å². The molecule has 0 saturated carbocycles. The van der Waals surface area contributed by atoms with Gasteiger partial charge < -0.3 is 10.6 Å². The maximum atomic E-state index is 5.54.